The molecule has 8 nitrogen and oxygen atoms in total. The summed E-state index contributed by atoms with van der Waals surface area (Å²) in [6.45, 7) is 5.47. The third-order valence-electron chi connectivity index (χ3n) is 3.79. The number of carbonyl (C=O) groups excluding carboxylic acids is 2. The van der Waals surface area contributed by atoms with Gasteiger partial charge in [0.05, 0.1) is 23.7 Å². The minimum Gasteiger partial charge on any atom is -0.490 e. The highest BCUT2D eigenvalue weighted by Crippen LogP contribution is 2.26. The molecule has 0 saturated carbocycles. The van der Waals surface area contributed by atoms with E-state index in [1.807, 2.05) is 19.9 Å². The predicted octanol–water partition coefficient (Wildman–Crippen LogP) is 2.39. The summed E-state index contributed by atoms with van der Waals surface area (Å²) in [6, 6.07) is 7.08. The first-order valence-electron chi connectivity index (χ1n) is 8.72. The first-order valence-corrected chi connectivity index (χ1v) is 8.72. The molecule has 1 heterocycles. The van der Waals surface area contributed by atoms with Crippen LogP contribution in [-0.2, 0) is 21.4 Å². The van der Waals surface area contributed by atoms with E-state index in [4.69, 9.17) is 14.2 Å². The summed E-state index contributed by atoms with van der Waals surface area (Å²) >= 11 is 0. The van der Waals surface area contributed by atoms with E-state index in [1.54, 1.807) is 36.9 Å². The monoisotopic (exact) mass is 375 g/mol. The van der Waals surface area contributed by atoms with Crippen LogP contribution in [0.4, 0.5) is 5.69 Å². The second kappa shape index (κ2) is 9.61. The minimum absolute atomic E-state index is 0.315. The van der Waals surface area contributed by atoms with Crippen molar-refractivity contribution in [1.29, 1.82) is 0 Å². The average molecular weight is 375 g/mol. The molecule has 0 aliphatic carbocycles. The summed E-state index contributed by atoms with van der Waals surface area (Å²) in [7, 11) is 1.79. The van der Waals surface area contributed by atoms with E-state index in [-0.39, 0.29) is 6.61 Å². The summed E-state index contributed by atoms with van der Waals surface area (Å²) in [6.07, 6.45) is 0.862. The molecule has 0 unspecified atom stereocenters. The van der Waals surface area contributed by atoms with Crippen LogP contribution < -0.4 is 14.8 Å². The fourth-order valence-corrected chi connectivity index (χ4v) is 2.36. The molecule has 0 saturated heterocycles. The molecule has 0 spiro atoms. The molecule has 0 aliphatic rings. The van der Waals surface area contributed by atoms with Gasteiger partial charge < -0.3 is 19.5 Å². The number of benzene rings is 1. The van der Waals surface area contributed by atoms with Crippen molar-refractivity contribution in [3.8, 4) is 11.5 Å². The lowest BCUT2D eigenvalue weighted by Crippen LogP contribution is -2.24. The second-order valence-electron chi connectivity index (χ2n) is 5.96. The highest BCUT2D eigenvalue weighted by molar-refractivity contribution is 5.93. The largest absolute Gasteiger partial charge is 0.490 e. The van der Waals surface area contributed by atoms with E-state index in [1.165, 1.54) is 0 Å². The van der Waals surface area contributed by atoms with Gasteiger partial charge in [0.1, 0.15) is 0 Å². The summed E-state index contributed by atoms with van der Waals surface area (Å²) in [5.74, 6) is -0.0642. The smallest absolute Gasteiger partial charge is 0.344 e. The number of anilines is 1. The fraction of sp³-hybridized carbons (Fsp3) is 0.421. The van der Waals surface area contributed by atoms with Crippen LogP contribution in [0, 0.1) is 13.8 Å². The number of hydrogen-bond acceptors (Lipinski definition) is 6. The van der Waals surface area contributed by atoms with Gasteiger partial charge in [0.2, 0.25) is 0 Å². The van der Waals surface area contributed by atoms with Gasteiger partial charge in [0.15, 0.2) is 24.7 Å². The number of aromatic nitrogens is 2. The molecule has 1 aromatic carbocycles. The Hall–Kier alpha value is -3.03. The van der Waals surface area contributed by atoms with Crippen molar-refractivity contribution >= 4 is 17.6 Å². The first-order chi connectivity index (χ1) is 12.9. The number of nitrogens with zero attached hydrogens (tertiary/aromatic N) is 2. The first kappa shape index (κ1) is 20.3. The van der Waals surface area contributed by atoms with Crippen LogP contribution >= 0.6 is 0 Å². The van der Waals surface area contributed by atoms with Crippen molar-refractivity contribution < 1.29 is 23.8 Å². The lowest BCUT2D eigenvalue weighted by molar-refractivity contribution is -0.149. The van der Waals surface area contributed by atoms with E-state index in [0.29, 0.717) is 29.5 Å². The molecule has 0 aliphatic heterocycles. The average Bonchev–Trinajstić information content (AvgIpc) is 2.89. The Balaban J connectivity index is 1.80. The number of hydrogen-bond donors (Lipinski definition) is 1. The molecule has 0 atom stereocenters. The van der Waals surface area contributed by atoms with Crippen molar-refractivity contribution in [1.82, 2.24) is 9.78 Å². The number of nitrogens with one attached hydrogen (secondary N) is 1. The van der Waals surface area contributed by atoms with E-state index in [0.717, 1.165) is 12.1 Å². The highest BCUT2D eigenvalue weighted by Gasteiger charge is 2.15. The Morgan fingerprint density at radius 2 is 1.78 bits per heavy atom. The molecule has 0 fully saturated rings. The Bertz CT molecular complexity index is 801. The maximum atomic E-state index is 12.0. The van der Waals surface area contributed by atoms with Crippen LogP contribution in [0.1, 0.15) is 24.7 Å². The van der Waals surface area contributed by atoms with Crippen molar-refractivity contribution in [3.63, 3.8) is 0 Å². The van der Waals surface area contributed by atoms with Crippen LogP contribution in [0.15, 0.2) is 24.3 Å². The lowest BCUT2D eigenvalue weighted by Gasteiger charge is -2.12. The minimum atomic E-state index is -0.643. The molecule has 146 valence electrons. The summed E-state index contributed by atoms with van der Waals surface area (Å²) in [4.78, 5) is 23.8. The SMILES string of the molecule is CCCOc1ccccc1OCC(=O)OCC(=O)Nc1c(C)nn(C)c1C. The molecular weight excluding hydrogens is 350 g/mol. The van der Waals surface area contributed by atoms with Crippen LogP contribution in [0.2, 0.25) is 0 Å². The molecule has 0 radical (unpaired) electrons. The van der Waals surface area contributed by atoms with Crippen LogP contribution in [0.25, 0.3) is 0 Å². The van der Waals surface area contributed by atoms with Gasteiger partial charge in [-0.05, 0) is 32.4 Å². The van der Waals surface area contributed by atoms with E-state index < -0.39 is 18.5 Å². The Morgan fingerprint density at radius 3 is 2.37 bits per heavy atom. The normalized spacial score (nSPS) is 10.4. The second-order valence-corrected chi connectivity index (χ2v) is 5.96. The van der Waals surface area contributed by atoms with E-state index in [2.05, 4.69) is 10.4 Å². The Kier molecular flexibility index (Phi) is 7.22. The van der Waals surface area contributed by atoms with E-state index >= 15 is 0 Å². The number of amides is 1. The van der Waals surface area contributed by atoms with Gasteiger partial charge in [0, 0.05) is 7.05 Å². The zero-order chi connectivity index (χ0) is 19.8. The topological polar surface area (TPSA) is 91.7 Å². The summed E-state index contributed by atoms with van der Waals surface area (Å²) in [5.41, 5.74) is 2.14. The van der Waals surface area contributed by atoms with Crippen molar-refractivity contribution in [2.45, 2.75) is 27.2 Å². The Labute approximate surface area is 158 Å². The summed E-state index contributed by atoms with van der Waals surface area (Å²) < 4.78 is 17.6. The van der Waals surface area contributed by atoms with Gasteiger partial charge in [-0.25, -0.2) is 4.79 Å². The molecule has 1 amide bonds. The standard InChI is InChI=1S/C19H25N3O5/c1-5-10-25-15-8-6-7-9-16(15)26-12-18(24)27-11-17(23)20-19-13(2)21-22(4)14(19)3/h6-9H,5,10-12H2,1-4H3,(H,20,23). The zero-order valence-corrected chi connectivity index (χ0v) is 16.1. The fourth-order valence-electron chi connectivity index (χ4n) is 2.36. The molecule has 2 rings (SSSR count). The van der Waals surface area contributed by atoms with Crippen molar-refractivity contribution in [2.24, 2.45) is 7.05 Å². The van der Waals surface area contributed by atoms with Gasteiger partial charge in [-0.1, -0.05) is 19.1 Å². The third-order valence-corrected chi connectivity index (χ3v) is 3.79. The summed E-state index contributed by atoms with van der Waals surface area (Å²) in [5, 5.41) is 6.91. The van der Waals surface area contributed by atoms with Gasteiger partial charge in [-0.15, -0.1) is 0 Å². The number of rotatable bonds is 9. The van der Waals surface area contributed by atoms with Gasteiger partial charge in [0.25, 0.3) is 5.91 Å². The van der Waals surface area contributed by atoms with Gasteiger partial charge in [-0.2, -0.15) is 5.10 Å². The number of esters is 1. The highest BCUT2D eigenvalue weighted by atomic mass is 16.6. The molecule has 27 heavy (non-hydrogen) atoms. The number of ether oxygens (including phenoxy) is 3. The number of aryl methyl sites for hydroxylation is 2. The number of para-hydroxylation sites is 2. The molecule has 0 bridgehead atoms. The molecular formula is C19H25N3O5. The van der Waals surface area contributed by atoms with Crippen molar-refractivity contribution in [3.05, 3.63) is 35.7 Å². The van der Waals surface area contributed by atoms with Crippen LogP contribution in [-0.4, -0.2) is 41.5 Å². The quantitative estimate of drug-likeness (QED) is 0.677. The maximum absolute atomic E-state index is 12.0. The van der Waals surface area contributed by atoms with E-state index in [9.17, 15) is 9.59 Å². The van der Waals surface area contributed by atoms with Crippen LogP contribution in [0.3, 0.4) is 0 Å². The molecule has 1 aromatic heterocycles. The van der Waals surface area contributed by atoms with Gasteiger partial charge >= 0.3 is 5.97 Å². The van der Waals surface area contributed by atoms with Crippen molar-refractivity contribution in [2.75, 3.05) is 25.1 Å². The van der Waals surface area contributed by atoms with Crippen LogP contribution in [0.5, 0.6) is 11.5 Å². The van der Waals surface area contributed by atoms with Gasteiger partial charge in [-0.3, -0.25) is 9.48 Å². The Morgan fingerprint density at radius 1 is 1.11 bits per heavy atom. The molecule has 1 N–H and O–H groups in total. The zero-order valence-electron chi connectivity index (χ0n) is 16.1. The lowest BCUT2D eigenvalue weighted by atomic mass is 10.3. The third kappa shape index (κ3) is 5.73. The predicted molar refractivity (Wildman–Crippen MR) is 100.0 cm³/mol. The molecule has 8 heteroatoms. The number of carbonyl (C=O) groups is 2. The molecule has 2 aromatic rings. The maximum Gasteiger partial charge on any atom is 0.344 e.